The maximum atomic E-state index is 12.7. The molecule has 29 heavy (non-hydrogen) atoms. The number of ether oxygens (including phenoxy) is 2. The molecule has 3 aromatic rings. The molecule has 4 rings (SSSR count). The molecule has 0 fully saturated rings. The fraction of sp³-hybridized carbons (Fsp3) is 0.227. The van der Waals surface area contributed by atoms with Crippen LogP contribution in [0.2, 0.25) is 0 Å². The first kappa shape index (κ1) is 18.7. The summed E-state index contributed by atoms with van der Waals surface area (Å²) in [6.07, 6.45) is 1.73. The van der Waals surface area contributed by atoms with E-state index in [-0.39, 0.29) is 19.0 Å². The maximum absolute atomic E-state index is 12.7. The summed E-state index contributed by atoms with van der Waals surface area (Å²) in [6, 6.07) is 11.0. The second-order valence-corrected chi connectivity index (χ2v) is 6.91. The van der Waals surface area contributed by atoms with Crippen LogP contribution in [0.4, 0.5) is 0 Å². The quantitative estimate of drug-likeness (QED) is 0.487. The molecular weight excluding hydrogens is 372 g/mol. The molecule has 148 valence electrons. The molecule has 7 nitrogen and oxygen atoms in total. The van der Waals surface area contributed by atoms with Gasteiger partial charge in [-0.1, -0.05) is 23.4 Å². The van der Waals surface area contributed by atoms with Gasteiger partial charge in [0.1, 0.15) is 18.1 Å². The minimum absolute atomic E-state index is 0.115. The summed E-state index contributed by atoms with van der Waals surface area (Å²) in [6.45, 7) is 5.27. The molecule has 2 aromatic heterocycles. The predicted octanol–water partition coefficient (Wildman–Crippen LogP) is 3.59. The molecule has 0 atom stereocenters. The van der Waals surface area contributed by atoms with Crippen LogP contribution in [-0.4, -0.2) is 34.7 Å². The average Bonchev–Trinajstić information content (AvgIpc) is 3.27. The van der Waals surface area contributed by atoms with Crippen LogP contribution < -0.4 is 4.74 Å². The number of aromatic nitrogens is 2. The van der Waals surface area contributed by atoms with Crippen LogP contribution in [0, 0.1) is 20.8 Å². The third kappa shape index (κ3) is 3.59. The van der Waals surface area contributed by atoms with Gasteiger partial charge < -0.3 is 14.0 Å². The highest BCUT2D eigenvalue weighted by molar-refractivity contribution is 6.01. The lowest BCUT2D eigenvalue weighted by molar-refractivity contribution is -0.138. The number of Topliss-reactive ketones (excluding diaryl/α,β-unsaturated/α-hetero) is 1. The maximum Gasteiger partial charge on any atom is 0.337 e. The average molecular weight is 392 g/mol. The minimum Gasteiger partial charge on any atom is -0.488 e. The van der Waals surface area contributed by atoms with Gasteiger partial charge in [0, 0.05) is 28.6 Å². The predicted molar refractivity (Wildman–Crippen MR) is 105 cm³/mol. The first-order valence-corrected chi connectivity index (χ1v) is 9.19. The number of ketones is 1. The van der Waals surface area contributed by atoms with E-state index in [0.717, 1.165) is 17.0 Å². The Morgan fingerprint density at radius 2 is 1.97 bits per heavy atom. The van der Waals surface area contributed by atoms with Gasteiger partial charge in [0.15, 0.2) is 12.4 Å². The summed E-state index contributed by atoms with van der Waals surface area (Å²) >= 11 is 0. The smallest absolute Gasteiger partial charge is 0.337 e. The normalized spacial score (nSPS) is 12.7. The number of fused-ring (bicyclic) bond motifs is 1. The van der Waals surface area contributed by atoms with Crippen LogP contribution in [0.3, 0.4) is 0 Å². The van der Waals surface area contributed by atoms with Gasteiger partial charge in [-0.15, -0.1) is 0 Å². The van der Waals surface area contributed by atoms with E-state index in [2.05, 4.69) is 5.16 Å². The number of para-hydroxylation sites is 1. The van der Waals surface area contributed by atoms with Crippen LogP contribution in [0.5, 0.6) is 5.75 Å². The zero-order chi connectivity index (χ0) is 20.5. The summed E-state index contributed by atoms with van der Waals surface area (Å²) in [4.78, 5) is 25.0. The second kappa shape index (κ2) is 7.43. The zero-order valence-corrected chi connectivity index (χ0v) is 16.4. The Hall–Kier alpha value is -3.61. The number of hydrogen-bond donors (Lipinski definition) is 0. The number of carbonyl (C=O) groups excluding carboxylic acids is 2. The molecular formula is C22H20N2O5. The Bertz CT molecular complexity index is 1140. The Morgan fingerprint density at radius 1 is 1.17 bits per heavy atom. The largest absolute Gasteiger partial charge is 0.488 e. The zero-order valence-electron chi connectivity index (χ0n) is 16.4. The van der Waals surface area contributed by atoms with Crippen LogP contribution >= 0.6 is 0 Å². The summed E-state index contributed by atoms with van der Waals surface area (Å²) in [7, 11) is 0. The van der Waals surface area contributed by atoms with Crippen LogP contribution in [-0.2, 0) is 9.53 Å². The number of nitrogens with zero attached hydrogens (tertiary/aromatic N) is 2. The van der Waals surface area contributed by atoms with Gasteiger partial charge in [-0.3, -0.25) is 9.36 Å². The van der Waals surface area contributed by atoms with E-state index in [0.29, 0.717) is 28.4 Å². The van der Waals surface area contributed by atoms with Gasteiger partial charge in [-0.2, -0.15) is 0 Å². The van der Waals surface area contributed by atoms with Crippen LogP contribution in [0.1, 0.15) is 33.1 Å². The first-order chi connectivity index (χ1) is 13.9. The summed E-state index contributed by atoms with van der Waals surface area (Å²) < 4.78 is 17.8. The van der Waals surface area contributed by atoms with Gasteiger partial charge in [-0.25, -0.2) is 4.79 Å². The summed E-state index contributed by atoms with van der Waals surface area (Å²) in [5.41, 5.74) is 3.22. The van der Waals surface area contributed by atoms with E-state index >= 15 is 0 Å². The molecule has 0 amide bonds. The molecule has 0 saturated heterocycles. The van der Waals surface area contributed by atoms with Crippen molar-refractivity contribution in [3.63, 3.8) is 0 Å². The third-order valence-electron chi connectivity index (χ3n) is 4.80. The van der Waals surface area contributed by atoms with Gasteiger partial charge in [0.2, 0.25) is 5.78 Å². The number of rotatable bonds is 5. The van der Waals surface area contributed by atoms with Crippen molar-refractivity contribution in [3.8, 4) is 11.6 Å². The van der Waals surface area contributed by atoms with E-state index in [1.165, 1.54) is 0 Å². The monoisotopic (exact) mass is 392 g/mol. The molecule has 0 unspecified atom stereocenters. The van der Waals surface area contributed by atoms with E-state index in [1.807, 2.05) is 42.7 Å². The Morgan fingerprint density at radius 3 is 2.72 bits per heavy atom. The van der Waals surface area contributed by atoms with Crippen molar-refractivity contribution in [3.05, 3.63) is 70.2 Å². The van der Waals surface area contributed by atoms with Gasteiger partial charge in [-0.05, 0) is 39.0 Å². The van der Waals surface area contributed by atoms with E-state index in [9.17, 15) is 9.59 Å². The van der Waals surface area contributed by atoms with Crippen LogP contribution in [0.15, 0.2) is 46.5 Å². The molecule has 0 spiro atoms. The third-order valence-corrected chi connectivity index (χ3v) is 4.80. The molecule has 0 aliphatic carbocycles. The molecule has 3 heterocycles. The highest BCUT2D eigenvalue weighted by Gasteiger charge is 2.22. The lowest BCUT2D eigenvalue weighted by atomic mass is 10.1. The molecule has 0 bridgehead atoms. The van der Waals surface area contributed by atoms with Crippen molar-refractivity contribution in [2.75, 3.05) is 13.2 Å². The molecule has 0 N–H and O–H groups in total. The molecule has 7 heteroatoms. The number of esters is 1. The van der Waals surface area contributed by atoms with Crippen molar-refractivity contribution >= 4 is 17.8 Å². The molecule has 1 aromatic carbocycles. The second-order valence-electron chi connectivity index (χ2n) is 6.91. The summed E-state index contributed by atoms with van der Waals surface area (Å²) in [5.74, 6) is 1.16. The van der Waals surface area contributed by atoms with Crippen molar-refractivity contribution in [2.24, 2.45) is 0 Å². The fourth-order valence-corrected chi connectivity index (χ4v) is 3.39. The van der Waals surface area contributed by atoms with Crippen molar-refractivity contribution < 1.29 is 23.6 Å². The minimum atomic E-state index is -0.561. The van der Waals surface area contributed by atoms with E-state index in [1.54, 1.807) is 25.1 Å². The van der Waals surface area contributed by atoms with E-state index < -0.39 is 5.97 Å². The molecule has 1 aliphatic heterocycles. The van der Waals surface area contributed by atoms with Crippen molar-refractivity contribution in [1.29, 1.82) is 0 Å². The van der Waals surface area contributed by atoms with E-state index in [4.69, 9.17) is 14.0 Å². The Balaban J connectivity index is 1.47. The highest BCUT2D eigenvalue weighted by Crippen LogP contribution is 2.26. The fourth-order valence-electron chi connectivity index (χ4n) is 3.39. The SMILES string of the molecule is Cc1cc(-n2c(C)cc(C(=O)COC(=O)C3=Cc4ccccc4OC3)c2C)no1. The van der Waals surface area contributed by atoms with Crippen molar-refractivity contribution in [1.82, 2.24) is 9.72 Å². The standard InChI is InChI=1S/C22H20N2O5/c1-13-8-18(15(3)24(13)21-9-14(2)29-23-21)19(25)12-28-22(26)17-10-16-6-4-5-7-20(16)27-11-17/h4-10H,11-12H2,1-3H3. The van der Waals surface area contributed by atoms with Crippen LogP contribution in [0.25, 0.3) is 11.9 Å². The molecule has 0 radical (unpaired) electrons. The molecule has 1 aliphatic rings. The van der Waals surface area contributed by atoms with Crippen molar-refractivity contribution in [2.45, 2.75) is 20.8 Å². The van der Waals surface area contributed by atoms with Gasteiger partial charge in [0.05, 0.1) is 5.57 Å². The lowest BCUT2D eigenvalue weighted by Gasteiger charge is -2.16. The Kier molecular flexibility index (Phi) is 4.80. The highest BCUT2D eigenvalue weighted by atomic mass is 16.5. The Labute approximate surface area is 167 Å². The summed E-state index contributed by atoms with van der Waals surface area (Å²) in [5, 5.41) is 4.00. The topological polar surface area (TPSA) is 83.6 Å². The number of benzene rings is 1. The lowest BCUT2D eigenvalue weighted by Crippen LogP contribution is -2.20. The first-order valence-electron chi connectivity index (χ1n) is 9.19. The van der Waals surface area contributed by atoms with Gasteiger partial charge >= 0.3 is 5.97 Å². The van der Waals surface area contributed by atoms with Gasteiger partial charge in [0.25, 0.3) is 0 Å². The number of carbonyl (C=O) groups is 2. The molecule has 0 saturated carbocycles. The number of aryl methyl sites for hydroxylation is 2. The number of hydrogen-bond acceptors (Lipinski definition) is 6.